The van der Waals surface area contributed by atoms with E-state index in [4.69, 9.17) is 4.74 Å². The van der Waals surface area contributed by atoms with Crippen molar-refractivity contribution in [3.8, 4) is 0 Å². The molecule has 0 aliphatic rings. The molecule has 1 aromatic heterocycles. The van der Waals surface area contributed by atoms with Gasteiger partial charge in [-0.05, 0) is 49.7 Å². The molecule has 0 atom stereocenters. The summed E-state index contributed by atoms with van der Waals surface area (Å²) in [4.78, 5) is 28.1. The topological polar surface area (TPSA) is 80.3 Å². The van der Waals surface area contributed by atoms with Crippen LogP contribution in [0.2, 0.25) is 0 Å². The number of pyridine rings is 1. The van der Waals surface area contributed by atoms with E-state index in [1.54, 1.807) is 43.5 Å². The van der Waals surface area contributed by atoms with Crippen LogP contribution in [0.3, 0.4) is 0 Å². The van der Waals surface area contributed by atoms with Crippen molar-refractivity contribution in [3.63, 3.8) is 0 Å². The fourth-order valence-corrected chi connectivity index (χ4v) is 2.17. The van der Waals surface area contributed by atoms with E-state index >= 15 is 0 Å². The summed E-state index contributed by atoms with van der Waals surface area (Å²) >= 11 is 0. The van der Waals surface area contributed by atoms with Crippen molar-refractivity contribution < 1.29 is 14.3 Å². The average molecular weight is 341 g/mol. The number of carbonyl (C=O) groups is 2. The standard InChI is InChI=1S/C19H23N3O3/c1-3-5-11-20-16-10-12-21-17(13-16)18(23)22-15-8-6-14(7-9-15)19(24)25-4-2/h6-10,12-13H,3-5,11H2,1-2H3,(H,20,21)(H,22,23). The molecule has 0 fully saturated rings. The highest BCUT2D eigenvalue weighted by Crippen LogP contribution is 2.13. The van der Waals surface area contributed by atoms with Crippen LogP contribution in [0.25, 0.3) is 0 Å². The van der Waals surface area contributed by atoms with Gasteiger partial charge in [0.1, 0.15) is 5.69 Å². The number of unbranched alkanes of at least 4 members (excludes halogenated alkanes) is 1. The number of anilines is 2. The largest absolute Gasteiger partial charge is 0.462 e. The van der Waals surface area contributed by atoms with Gasteiger partial charge in [0.05, 0.1) is 12.2 Å². The second kappa shape index (κ2) is 9.42. The monoisotopic (exact) mass is 341 g/mol. The molecule has 1 aromatic carbocycles. The first-order chi connectivity index (χ1) is 12.1. The number of carbonyl (C=O) groups excluding carboxylic acids is 2. The molecule has 0 spiro atoms. The Kier molecular flexibility index (Phi) is 6.95. The molecule has 2 N–H and O–H groups in total. The number of ether oxygens (including phenoxy) is 1. The van der Waals surface area contributed by atoms with Gasteiger partial charge in [0.25, 0.3) is 5.91 Å². The Morgan fingerprint density at radius 2 is 1.84 bits per heavy atom. The lowest BCUT2D eigenvalue weighted by Crippen LogP contribution is -2.14. The minimum Gasteiger partial charge on any atom is -0.462 e. The highest BCUT2D eigenvalue weighted by atomic mass is 16.5. The second-order valence-corrected chi connectivity index (χ2v) is 5.46. The Morgan fingerprint density at radius 3 is 2.52 bits per heavy atom. The van der Waals surface area contributed by atoms with Crippen LogP contribution < -0.4 is 10.6 Å². The number of hydrogen-bond donors (Lipinski definition) is 2. The Morgan fingerprint density at radius 1 is 1.08 bits per heavy atom. The molecule has 0 saturated heterocycles. The van der Waals surface area contributed by atoms with Crippen molar-refractivity contribution in [2.75, 3.05) is 23.8 Å². The van der Waals surface area contributed by atoms with Crippen LogP contribution in [0, 0.1) is 0 Å². The molecule has 0 radical (unpaired) electrons. The maximum absolute atomic E-state index is 12.3. The fourth-order valence-electron chi connectivity index (χ4n) is 2.17. The van der Waals surface area contributed by atoms with Crippen LogP contribution in [0.5, 0.6) is 0 Å². The molecule has 6 heteroatoms. The van der Waals surface area contributed by atoms with Crippen molar-refractivity contribution in [2.24, 2.45) is 0 Å². The predicted octanol–water partition coefficient (Wildman–Crippen LogP) is 3.72. The first-order valence-corrected chi connectivity index (χ1v) is 8.42. The van der Waals surface area contributed by atoms with Gasteiger partial charge in [0, 0.05) is 24.1 Å². The molecule has 6 nitrogen and oxygen atoms in total. The summed E-state index contributed by atoms with van der Waals surface area (Å²) in [6.45, 7) is 5.06. The minimum atomic E-state index is -0.382. The quantitative estimate of drug-likeness (QED) is 0.565. The third-order valence-corrected chi connectivity index (χ3v) is 3.51. The number of nitrogens with one attached hydrogen (secondary N) is 2. The van der Waals surface area contributed by atoms with E-state index in [0.29, 0.717) is 23.6 Å². The number of rotatable bonds is 8. The second-order valence-electron chi connectivity index (χ2n) is 5.46. The molecule has 0 unspecified atom stereocenters. The lowest BCUT2D eigenvalue weighted by atomic mass is 10.2. The van der Waals surface area contributed by atoms with Crippen LogP contribution in [-0.2, 0) is 4.74 Å². The summed E-state index contributed by atoms with van der Waals surface area (Å²) in [6.07, 6.45) is 3.77. The van der Waals surface area contributed by atoms with Crippen LogP contribution in [0.4, 0.5) is 11.4 Å². The maximum Gasteiger partial charge on any atom is 0.338 e. The van der Waals surface area contributed by atoms with E-state index in [9.17, 15) is 9.59 Å². The molecule has 1 heterocycles. The van der Waals surface area contributed by atoms with Gasteiger partial charge in [-0.25, -0.2) is 4.79 Å². The molecule has 2 aromatic rings. The molecule has 25 heavy (non-hydrogen) atoms. The van der Waals surface area contributed by atoms with Crippen LogP contribution in [0.15, 0.2) is 42.6 Å². The smallest absolute Gasteiger partial charge is 0.338 e. The van der Waals surface area contributed by atoms with Gasteiger partial charge in [-0.2, -0.15) is 0 Å². The lowest BCUT2D eigenvalue weighted by Gasteiger charge is -2.08. The number of aromatic nitrogens is 1. The van der Waals surface area contributed by atoms with Gasteiger partial charge < -0.3 is 15.4 Å². The number of hydrogen-bond acceptors (Lipinski definition) is 5. The van der Waals surface area contributed by atoms with E-state index in [1.807, 2.05) is 6.07 Å². The van der Waals surface area contributed by atoms with Crippen LogP contribution in [0.1, 0.15) is 47.5 Å². The molecule has 0 saturated carbocycles. The molecule has 0 bridgehead atoms. The number of amides is 1. The lowest BCUT2D eigenvalue weighted by molar-refractivity contribution is 0.0526. The van der Waals surface area contributed by atoms with Crippen LogP contribution in [-0.4, -0.2) is 30.0 Å². The van der Waals surface area contributed by atoms with E-state index in [2.05, 4.69) is 22.5 Å². The molecule has 2 rings (SSSR count). The first-order valence-electron chi connectivity index (χ1n) is 8.42. The number of benzene rings is 1. The molecule has 132 valence electrons. The zero-order chi connectivity index (χ0) is 18.1. The van der Waals surface area contributed by atoms with Crippen molar-refractivity contribution in [3.05, 3.63) is 53.9 Å². The molecule has 1 amide bonds. The van der Waals surface area contributed by atoms with Crippen molar-refractivity contribution >= 4 is 23.3 Å². The highest BCUT2D eigenvalue weighted by Gasteiger charge is 2.10. The van der Waals surface area contributed by atoms with Crippen molar-refractivity contribution in [2.45, 2.75) is 26.7 Å². The Bertz CT molecular complexity index is 714. The van der Waals surface area contributed by atoms with Gasteiger partial charge in [0.15, 0.2) is 0 Å². The number of esters is 1. The minimum absolute atomic E-state index is 0.303. The van der Waals surface area contributed by atoms with Gasteiger partial charge >= 0.3 is 5.97 Å². The third-order valence-electron chi connectivity index (χ3n) is 3.51. The first kappa shape index (κ1) is 18.4. The summed E-state index contributed by atoms with van der Waals surface area (Å²) in [5.41, 5.74) is 2.23. The summed E-state index contributed by atoms with van der Waals surface area (Å²) in [5.74, 6) is -0.684. The van der Waals surface area contributed by atoms with Crippen LogP contribution >= 0.6 is 0 Å². The zero-order valence-corrected chi connectivity index (χ0v) is 14.5. The van der Waals surface area contributed by atoms with Gasteiger partial charge in [-0.3, -0.25) is 9.78 Å². The average Bonchev–Trinajstić information content (AvgIpc) is 2.63. The zero-order valence-electron chi connectivity index (χ0n) is 14.5. The van der Waals surface area contributed by atoms with E-state index in [-0.39, 0.29) is 11.9 Å². The third kappa shape index (κ3) is 5.60. The van der Waals surface area contributed by atoms with E-state index < -0.39 is 0 Å². The van der Waals surface area contributed by atoms with Gasteiger partial charge in [-0.1, -0.05) is 13.3 Å². The summed E-state index contributed by atoms with van der Waals surface area (Å²) < 4.78 is 4.93. The Labute approximate surface area is 147 Å². The van der Waals surface area contributed by atoms with E-state index in [0.717, 1.165) is 25.1 Å². The summed E-state index contributed by atoms with van der Waals surface area (Å²) in [5, 5.41) is 6.03. The number of nitrogens with zero attached hydrogens (tertiary/aromatic N) is 1. The van der Waals surface area contributed by atoms with Crippen molar-refractivity contribution in [1.82, 2.24) is 4.98 Å². The van der Waals surface area contributed by atoms with Gasteiger partial charge in [0.2, 0.25) is 0 Å². The van der Waals surface area contributed by atoms with Gasteiger partial charge in [-0.15, -0.1) is 0 Å². The highest BCUT2D eigenvalue weighted by molar-refractivity contribution is 6.03. The fraction of sp³-hybridized carbons (Fsp3) is 0.316. The van der Waals surface area contributed by atoms with E-state index in [1.165, 1.54) is 0 Å². The molecule has 0 aliphatic heterocycles. The summed E-state index contributed by atoms with van der Waals surface area (Å²) in [6, 6.07) is 10.1. The summed E-state index contributed by atoms with van der Waals surface area (Å²) in [7, 11) is 0. The molecule has 0 aliphatic carbocycles. The SMILES string of the molecule is CCCCNc1ccnc(C(=O)Nc2ccc(C(=O)OCC)cc2)c1. The normalized spacial score (nSPS) is 10.2. The van der Waals surface area contributed by atoms with Crippen molar-refractivity contribution in [1.29, 1.82) is 0 Å². The molecular formula is C19H23N3O3. The Hall–Kier alpha value is -2.89. The Balaban J connectivity index is 1.99. The molecular weight excluding hydrogens is 318 g/mol. The predicted molar refractivity (Wildman–Crippen MR) is 98.0 cm³/mol. The maximum atomic E-state index is 12.3.